The zero-order chi connectivity index (χ0) is 16.7. The van der Waals surface area contributed by atoms with Crippen molar-refractivity contribution in [1.82, 2.24) is 0 Å². The molecular weight excluding hydrogens is 296 g/mol. The zero-order valence-corrected chi connectivity index (χ0v) is 12.7. The third-order valence-corrected chi connectivity index (χ3v) is 3.29. The first kappa shape index (κ1) is 16.6. The van der Waals surface area contributed by atoms with Crippen LogP contribution in [0.15, 0.2) is 58.8 Å². The molecule has 0 saturated carbocycles. The maximum Gasteiger partial charge on any atom is 0.269 e. The summed E-state index contributed by atoms with van der Waals surface area (Å²) in [5.74, 6) is 0. The molecule has 0 aromatic heterocycles. The number of aliphatic hydroxyl groups is 1. The SMILES string of the molecule is CCC(CO)Nc1ccc(N=Nc2ccc([N+](=O)[O-])cc2)cc1. The summed E-state index contributed by atoms with van der Waals surface area (Å²) >= 11 is 0. The van der Waals surface area contributed by atoms with E-state index < -0.39 is 4.92 Å². The quantitative estimate of drug-likeness (QED) is 0.454. The Morgan fingerprint density at radius 2 is 1.61 bits per heavy atom. The number of azo groups is 1. The summed E-state index contributed by atoms with van der Waals surface area (Å²) in [6, 6.07) is 13.2. The van der Waals surface area contributed by atoms with Gasteiger partial charge < -0.3 is 10.4 Å². The standard InChI is InChI=1S/C16H18N4O3/c1-2-12(11-21)17-13-3-5-14(6-4-13)18-19-15-7-9-16(10-8-15)20(22)23/h3-10,12,17,21H,2,11H2,1H3. The molecule has 0 bridgehead atoms. The van der Waals surface area contributed by atoms with Gasteiger partial charge in [0.25, 0.3) is 5.69 Å². The fraction of sp³-hybridized carbons (Fsp3) is 0.250. The molecule has 0 amide bonds. The van der Waals surface area contributed by atoms with Gasteiger partial charge in [0.1, 0.15) is 0 Å². The molecule has 1 unspecified atom stereocenters. The van der Waals surface area contributed by atoms with Crippen LogP contribution in [0.1, 0.15) is 13.3 Å². The molecule has 2 aromatic carbocycles. The lowest BCUT2D eigenvalue weighted by atomic mass is 10.2. The fourth-order valence-corrected chi connectivity index (χ4v) is 1.89. The lowest BCUT2D eigenvalue weighted by Crippen LogP contribution is -2.22. The molecule has 2 aromatic rings. The average molecular weight is 314 g/mol. The number of nitro benzene ring substituents is 1. The molecule has 0 saturated heterocycles. The van der Waals surface area contributed by atoms with Crippen molar-refractivity contribution < 1.29 is 10.0 Å². The summed E-state index contributed by atoms with van der Waals surface area (Å²) in [7, 11) is 0. The molecule has 7 heteroatoms. The van der Waals surface area contributed by atoms with Gasteiger partial charge in [-0.3, -0.25) is 10.1 Å². The predicted molar refractivity (Wildman–Crippen MR) is 88.5 cm³/mol. The zero-order valence-electron chi connectivity index (χ0n) is 12.7. The molecular formula is C16H18N4O3. The van der Waals surface area contributed by atoms with Crippen molar-refractivity contribution >= 4 is 22.7 Å². The van der Waals surface area contributed by atoms with Gasteiger partial charge in [0.15, 0.2) is 0 Å². The monoisotopic (exact) mass is 314 g/mol. The van der Waals surface area contributed by atoms with Crippen molar-refractivity contribution in [2.45, 2.75) is 19.4 Å². The highest BCUT2D eigenvalue weighted by atomic mass is 16.6. The Morgan fingerprint density at radius 1 is 1.09 bits per heavy atom. The van der Waals surface area contributed by atoms with Gasteiger partial charge in [-0.05, 0) is 42.8 Å². The van der Waals surface area contributed by atoms with Crippen molar-refractivity contribution in [3.05, 3.63) is 58.6 Å². The summed E-state index contributed by atoms with van der Waals surface area (Å²) in [6.07, 6.45) is 0.831. The van der Waals surface area contributed by atoms with E-state index in [9.17, 15) is 10.1 Å². The summed E-state index contributed by atoms with van der Waals surface area (Å²) < 4.78 is 0. The third kappa shape index (κ3) is 4.86. The summed E-state index contributed by atoms with van der Waals surface area (Å²) in [6.45, 7) is 2.08. The van der Waals surface area contributed by atoms with E-state index in [2.05, 4.69) is 15.5 Å². The number of nitrogens with one attached hydrogen (secondary N) is 1. The van der Waals surface area contributed by atoms with E-state index in [1.165, 1.54) is 12.1 Å². The van der Waals surface area contributed by atoms with Gasteiger partial charge in [-0.25, -0.2) is 0 Å². The Bertz CT molecular complexity index is 665. The highest BCUT2D eigenvalue weighted by Gasteiger charge is 2.04. The Kier molecular flexibility index (Phi) is 5.76. The lowest BCUT2D eigenvalue weighted by Gasteiger charge is -2.15. The average Bonchev–Trinajstić information content (AvgIpc) is 2.59. The molecule has 0 aliphatic carbocycles. The highest BCUT2D eigenvalue weighted by Crippen LogP contribution is 2.22. The number of anilines is 1. The van der Waals surface area contributed by atoms with E-state index in [4.69, 9.17) is 5.11 Å². The topological polar surface area (TPSA) is 100 Å². The van der Waals surface area contributed by atoms with E-state index >= 15 is 0 Å². The van der Waals surface area contributed by atoms with E-state index in [1.807, 2.05) is 19.1 Å². The lowest BCUT2D eigenvalue weighted by molar-refractivity contribution is -0.384. The minimum absolute atomic E-state index is 0.0220. The van der Waals surface area contributed by atoms with Gasteiger partial charge in [-0.15, -0.1) is 0 Å². The summed E-state index contributed by atoms with van der Waals surface area (Å²) in [4.78, 5) is 10.1. The first-order chi connectivity index (χ1) is 11.1. The van der Waals surface area contributed by atoms with E-state index in [0.717, 1.165) is 12.1 Å². The summed E-state index contributed by atoms with van der Waals surface area (Å²) in [5.41, 5.74) is 2.14. The van der Waals surface area contributed by atoms with Crippen molar-refractivity contribution in [1.29, 1.82) is 0 Å². The van der Waals surface area contributed by atoms with E-state index in [0.29, 0.717) is 11.4 Å². The largest absolute Gasteiger partial charge is 0.394 e. The number of nitrogens with zero attached hydrogens (tertiary/aromatic N) is 3. The first-order valence-corrected chi connectivity index (χ1v) is 7.26. The Balaban J connectivity index is 2.01. The minimum atomic E-state index is -0.456. The second-order valence-corrected chi connectivity index (χ2v) is 4.95. The maximum atomic E-state index is 10.6. The second kappa shape index (κ2) is 8.00. The molecule has 2 rings (SSSR count). The molecule has 0 radical (unpaired) electrons. The predicted octanol–water partition coefficient (Wildman–Crippen LogP) is 4.19. The number of aliphatic hydroxyl groups excluding tert-OH is 1. The molecule has 1 atom stereocenters. The molecule has 0 heterocycles. The van der Waals surface area contributed by atoms with Gasteiger partial charge in [-0.1, -0.05) is 6.92 Å². The van der Waals surface area contributed by atoms with Crippen LogP contribution < -0.4 is 5.32 Å². The van der Waals surface area contributed by atoms with Gasteiger partial charge in [-0.2, -0.15) is 10.2 Å². The van der Waals surface area contributed by atoms with Crippen molar-refractivity contribution in [3.63, 3.8) is 0 Å². The highest BCUT2D eigenvalue weighted by molar-refractivity contribution is 5.51. The Labute approximate surface area is 133 Å². The van der Waals surface area contributed by atoms with Crippen LogP contribution >= 0.6 is 0 Å². The number of hydrogen-bond acceptors (Lipinski definition) is 6. The van der Waals surface area contributed by atoms with Crippen molar-refractivity contribution in [2.75, 3.05) is 11.9 Å². The molecule has 7 nitrogen and oxygen atoms in total. The number of non-ortho nitro benzene ring substituents is 1. The van der Waals surface area contributed by atoms with Gasteiger partial charge >= 0.3 is 0 Å². The van der Waals surface area contributed by atoms with Crippen LogP contribution in [0, 0.1) is 10.1 Å². The molecule has 0 aliphatic heterocycles. The minimum Gasteiger partial charge on any atom is -0.394 e. The van der Waals surface area contributed by atoms with Gasteiger partial charge in [0.2, 0.25) is 0 Å². The van der Waals surface area contributed by atoms with E-state index in [-0.39, 0.29) is 18.3 Å². The molecule has 0 spiro atoms. The Hall–Kier alpha value is -2.80. The van der Waals surface area contributed by atoms with Crippen LogP contribution in [0.25, 0.3) is 0 Å². The van der Waals surface area contributed by atoms with Crippen molar-refractivity contribution in [2.24, 2.45) is 10.2 Å². The smallest absolute Gasteiger partial charge is 0.269 e. The number of rotatable bonds is 7. The summed E-state index contributed by atoms with van der Waals surface area (Å²) in [5, 5.41) is 31.1. The fourth-order valence-electron chi connectivity index (χ4n) is 1.89. The van der Waals surface area contributed by atoms with Crippen LogP contribution in [-0.2, 0) is 0 Å². The Morgan fingerprint density at radius 3 is 2.04 bits per heavy atom. The normalized spacial score (nSPS) is 12.3. The van der Waals surface area contributed by atoms with Crippen LogP contribution in [0.3, 0.4) is 0 Å². The second-order valence-electron chi connectivity index (χ2n) is 4.95. The van der Waals surface area contributed by atoms with Crippen LogP contribution in [0.5, 0.6) is 0 Å². The third-order valence-electron chi connectivity index (χ3n) is 3.29. The maximum absolute atomic E-state index is 10.6. The van der Waals surface area contributed by atoms with E-state index in [1.54, 1.807) is 24.3 Å². The molecule has 23 heavy (non-hydrogen) atoms. The number of hydrogen-bond donors (Lipinski definition) is 2. The van der Waals surface area contributed by atoms with Gasteiger partial charge in [0, 0.05) is 23.9 Å². The van der Waals surface area contributed by atoms with Gasteiger partial charge in [0.05, 0.1) is 22.9 Å². The van der Waals surface area contributed by atoms with Crippen LogP contribution in [0.4, 0.5) is 22.7 Å². The molecule has 2 N–H and O–H groups in total. The van der Waals surface area contributed by atoms with Crippen molar-refractivity contribution in [3.8, 4) is 0 Å². The van der Waals surface area contributed by atoms with Crippen LogP contribution in [0.2, 0.25) is 0 Å². The van der Waals surface area contributed by atoms with Crippen LogP contribution in [-0.4, -0.2) is 22.7 Å². The molecule has 0 aliphatic rings. The molecule has 0 fully saturated rings. The number of nitro groups is 1. The number of benzene rings is 2. The molecule has 120 valence electrons. The first-order valence-electron chi connectivity index (χ1n) is 7.26.